The second-order valence-corrected chi connectivity index (χ2v) is 7.45. The van der Waals surface area contributed by atoms with Gasteiger partial charge < -0.3 is 24.1 Å². The van der Waals surface area contributed by atoms with Crippen molar-refractivity contribution in [3.63, 3.8) is 0 Å². The molecule has 3 heterocycles. The summed E-state index contributed by atoms with van der Waals surface area (Å²) in [6.45, 7) is 5.90. The van der Waals surface area contributed by atoms with Crippen molar-refractivity contribution in [3.05, 3.63) is 17.9 Å². The molecule has 28 heavy (non-hydrogen) atoms. The zero-order chi connectivity index (χ0) is 19.9. The van der Waals surface area contributed by atoms with Crippen molar-refractivity contribution in [3.8, 4) is 0 Å². The molecule has 2 unspecified atom stereocenters. The molecule has 9 heteroatoms. The zero-order valence-corrected chi connectivity index (χ0v) is 16.4. The summed E-state index contributed by atoms with van der Waals surface area (Å²) in [5.74, 6) is 0.827. The quantitative estimate of drug-likeness (QED) is 0.739. The van der Waals surface area contributed by atoms with Gasteiger partial charge in [0.25, 0.3) is 0 Å². The monoisotopic (exact) mass is 392 g/mol. The summed E-state index contributed by atoms with van der Waals surface area (Å²) >= 11 is 0. The smallest absolute Gasteiger partial charge is 0.407 e. The van der Waals surface area contributed by atoms with E-state index in [0.717, 1.165) is 25.7 Å². The van der Waals surface area contributed by atoms with Gasteiger partial charge in [-0.1, -0.05) is 13.8 Å². The fraction of sp³-hybridized carbons (Fsp3) is 0.684. The Labute approximate surface area is 164 Å². The predicted molar refractivity (Wildman–Crippen MR) is 100 cm³/mol. The number of ether oxygens (including phenoxy) is 2. The number of hydrogen-bond acceptors (Lipinski definition) is 7. The van der Waals surface area contributed by atoms with Crippen molar-refractivity contribution in [2.45, 2.75) is 57.5 Å². The second-order valence-electron chi connectivity index (χ2n) is 7.45. The molecule has 2 amide bonds. The van der Waals surface area contributed by atoms with Crippen LogP contribution < -0.4 is 5.32 Å². The average Bonchev–Trinajstić information content (AvgIpc) is 3.36. The van der Waals surface area contributed by atoms with E-state index in [1.54, 1.807) is 4.90 Å². The first-order valence-corrected chi connectivity index (χ1v) is 9.86. The highest BCUT2D eigenvalue weighted by atomic mass is 16.6. The lowest BCUT2D eigenvalue weighted by atomic mass is 10.0. The van der Waals surface area contributed by atoms with Gasteiger partial charge in [-0.25, -0.2) is 4.79 Å². The van der Waals surface area contributed by atoms with Crippen LogP contribution in [0.3, 0.4) is 0 Å². The summed E-state index contributed by atoms with van der Waals surface area (Å²) < 4.78 is 16.1. The second kappa shape index (κ2) is 9.68. The largest absolute Gasteiger partial charge is 0.447 e. The van der Waals surface area contributed by atoms with Gasteiger partial charge in [-0.3, -0.25) is 4.79 Å². The van der Waals surface area contributed by atoms with Crippen molar-refractivity contribution in [1.82, 2.24) is 20.4 Å². The minimum absolute atomic E-state index is 0.00431. The molecular formula is C19H28N4O5. The molecule has 2 fully saturated rings. The van der Waals surface area contributed by atoms with E-state index in [1.807, 2.05) is 13.8 Å². The minimum Gasteiger partial charge on any atom is -0.447 e. The fourth-order valence-electron chi connectivity index (χ4n) is 3.28. The molecule has 2 atom stereocenters. The third-order valence-electron chi connectivity index (χ3n) is 4.89. The first-order valence-electron chi connectivity index (χ1n) is 9.86. The molecule has 2 aliphatic heterocycles. The van der Waals surface area contributed by atoms with Gasteiger partial charge in [0.1, 0.15) is 6.61 Å². The molecule has 1 aromatic rings. The van der Waals surface area contributed by atoms with Crippen molar-refractivity contribution in [2.75, 3.05) is 26.4 Å². The normalized spacial score (nSPS) is 22.8. The Morgan fingerprint density at radius 3 is 2.89 bits per heavy atom. The molecular weight excluding hydrogens is 364 g/mol. The molecule has 154 valence electrons. The minimum atomic E-state index is -0.462. The van der Waals surface area contributed by atoms with Crippen molar-refractivity contribution in [2.24, 2.45) is 0 Å². The van der Waals surface area contributed by atoms with Gasteiger partial charge in [-0.15, -0.1) is 10.2 Å². The van der Waals surface area contributed by atoms with Gasteiger partial charge in [0, 0.05) is 31.2 Å². The maximum absolute atomic E-state index is 12.6. The van der Waals surface area contributed by atoms with Crippen molar-refractivity contribution >= 4 is 18.1 Å². The number of likely N-dealkylation sites (tertiary alicyclic amines) is 1. The Hall–Kier alpha value is -2.42. The number of aromatic nitrogens is 2. The first-order chi connectivity index (χ1) is 13.5. The van der Waals surface area contributed by atoms with Crippen molar-refractivity contribution < 1.29 is 23.5 Å². The van der Waals surface area contributed by atoms with Gasteiger partial charge >= 0.3 is 6.09 Å². The standard InChI is InChI=1S/C19H28N4O5/c1-13(2)18-22-21-16(28-18)6-7-17(24)23-9-4-3-5-15(23)12-27-19(25)20-14-8-10-26-11-14/h6-7,13-15H,3-5,8-12H2,1-2H3,(H,20,25)/b7-6+. The fourth-order valence-corrected chi connectivity index (χ4v) is 3.28. The van der Waals surface area contributed by atoms with Gasteiger partial charge in [0.2, 0.25) is 17.7 Å². The van der Waals surface area contributed by atoms with Crippen molar-refractivity contribution in [1.29, 1.82) is 0 Å². The molecule has 3 rings (SSSR count). The van der Waals surface area contributed by atoms with Crippen LogP contribution in [0, 0.1) is 0 Å². The van der Waals surface area contributed by atoms with Crippen LogP contribution in [0.1, 0.15) is 57.2 Å². The predicted octanol–water partition coefficient (Wildman–Crippen LogP) is 2.10. The molecule has 1 N–H and O–H groups in total. The highest BCUT2D eigenvalue weighted by molar-refractivity contribution is 5.91. The molecule has 0 spiro atoms. The van der Waals surface area contributed by atoms with E-state index in [1.165, 1.54) is 12.2 Å². The summed E-state index contributed by atoms with van der Waals surface area (Å²) in [5, 5.41) is 10.7. The lowest BCUT2D eigenvalue weighted by molar-refractivity contribution is -0.130. The van der Waals surface area contributed by atoms with Gasteiger partial charge in [-0.2, -0.15) is 0 Å². The molecule has 0 bridgehead atoms. The molecule has 2 saturated heterocycles. The Morgan fingerprint density at radius 2 is 2.18 bits per heavy atom. The van der Waals surface area contributed by atoms with E-state index < -0.39 is 6.09 Å². The Balaban J connectivity index is 1.51. The molecule has 0 aromatic carbocycles. The van der Waals surface area contributed by atoms with Crippen LogP contribution in [0.2, 0.25) is 0 Å². The maximum Gasteiger partial charge on any atom is 0.407 e. The van der Waals surface area contributed by atoms with Gasteiger partial charge in [0.15, 0.2) is 0 Å². The highest BCUT2D eigenvalue weighted by Gasteiger charge is 2.27. The van der Waals surface area contributed by atoms with Crippen LogP contribution in [-0.4, -0.2) is 65.5 Å². The number of carbonyl (C=O) groups is 2. The summed E-state index contributed by atoms with van der Waals surface area (Å²) in [6.07, 6.45) is 6.03. The SMILES string of the molecule is CC(C)c1nnc(/C=C/C(=O)N2CCCCC2COC(=O)NC2CCOC2)o1. The highest BCUT2D eigenvalue weighted by Crippen LogP contribution is 2.19. The first kappa shape index (κ1) is 20.3. The van der Waals surface area contributed by atoms with Crippen LogP contribution in [0.4, 0.5) is 4.79 Å². The van der Waals surface area contributed by atoms with Crippen LogP contribution in [-0.2, 0) is 14.3 Å². The number of carbonyl (C=O) groups excluding carboxylic acids is 2. The number of piperidine rings is 1. The van der Waals surface area contributed by atoms with E-state index >= 15 is 0 Å². The molecule has 9 nitrogen and oxygen atoms in total. The molecule has 1 aromatic heterocycles. The lowest BCUT2D eigenvalue weighted by Crippen LogP contribution is -2.46. The summed E-state index contributed by atoms with van der Waals surface area (Å²) in [6, 6.07) is -0.130. The van der Waals surface area contributed by atoms with E-state index in [9.17, 15) is 9.59 Å². The summed E-state index contributed by atoms with van der Waals surface area (Å²) in [4.78, 5) is 26.3. The van der Waals surface area contributed by atoms with E-state index in [-0.39, 0.29) is 30.5 Å². The summed E-state index contributed by atoms with van der Waals surface area (Å²) in [5.41, 5.74) is 0. The topological polar surface area (TPSA) is 107 Å². The van der Waals surface area contributed by atoms with Crippen LogP contribution in [0.5, 0.6) is 0 Å². The number of rotatable bonds is 6. The Bertz CT molecular complexity index is 696. The summed E-state index contributed by atoms with van der Waals surface area (Å²) in [7, 11) is 0. The number of alkyl carbamates (subject to hydrolysis) is 1. The molecule has 0 saturated carbocycles. The number of hydrogen-bond donors (Lipinski definition) is 1. The molecule has 0 aliphatic carbocycles. The number of nitrogens with zero attached hydrogens (tertiary/aromatic N) is 3. The van der Waals surface area contributed by atoms with E-state index in [0.29, 0.717) is 31.5 Å². The van der Waals surface area contributed by atoms with E-state index in [4.69, 9.17) is 13.9 Å². The van der Waals surface area contributed by atoms with Gasteiger partial charge in [0.05, 0.1) is 18.7 Å². The molecule has 0 radical (unpaired) electrons. The number of nitrogens with one attached hydrogen (secondary N) is 1. The average molecular weight is 392 g/mol. The zero-order valence-electron chi connectivity index (χ0n) is 16.4. The van der Waals surface area contributed by atoms with Crippen LogP contribution in [0.15, 0.2) is 10.5 Å². The Morgan fingerprint density at radius 1 is 1.32 bits per heavy atom. The van der Waals surface area contributed by atoms with Crippen LogP contribution in [0.25, 0.3) is 6.08 Å². The lowest BCUT2D eigenvalue weighted by Gasteiger charge is -2.34. The third kappa shape index (κ3) is 5.54. The van der Waals surface area contributed by atoms with Crippen LogP contribution >= 0.6 is 0 Å². The van der Waals surface area contributed by atoms with E-state index in [2.05, 4.69) is 15.5 Å². The molecule has 2 aliphatic rings. The maximum atomic E-state index is 12.6. The third-order valence-corrected chi connectivity index (χ3v) is 4.89. The van der Waals surface area contributed by atoms with Gasteiger partial charge in [-0.05, 0) is 25.7 Å². The Kier molecular flexibility index (Phi) is 7.02. The number of amides is 2.